The van der Waals surface area contributed by atoms with Crippen molar-refractivity contribution in [3.8, 4) is 6.07 Å². The van der Waals surface area contributed by atoms with Crippen molar-refractivity contribution >= 4 is 17.7 Å². The van der Waals surface area contributed by atoms with Gasteiger partial charge in [0.15, 0.2) is 6.10 Å². The molecule has 0 radical (unpaired) electrons. The van der Waals surface area contributed by atoms with Crippen molar-refractivity contribution in [2.45, 2.75) is 6.10 Å². The molecule has 1 unspecified atom stereocenters. The molecule has 7 nitrogen and oxygen atoms in total. The average Bonchev–Trinajstić information content (AvgIpc) is 2.46. The third-order valence-electron chi connectivity index (χ3n) is 2.67. The number of urea groups is 1. The summed E-state index contributed by atoms with van der Waals surface area (Å²) >= 11 is 0. The number of nitrogens with zero attached hydrogens (tertiary/aromatic N) is 2. The summed E-state index contributed by atoms with van der Waals surface area (Å²) in [5.41, 5.74) is 0.966. The van der Waals surface area contributed by atoms with Crippen LogP contribution < -0.4 is 10.2 Å². The number of carbonyl (C=O) groups excluding carboxylic acids is 1. The van der Waals surface area contributed by atoms with Crippen LogP contribution in [0.3, 0.4) is 0 Å². The van der Waals surface area contributed by atoms with Gasteiger partial charge in [0.25, 0.3) is 0 Å². The van der Waals surface area contributed by atoms with Crippen molar-refractivity contribution in [2.24, 2.45) is 0 Å². The zero-order valence-electron chi connectivity index (χ0n) is 11.2. The predicted octanol–water partition coefficient (Wildman–Crippen LogP) is 0.804. The molecule has 2 amide bonds. The van der Waals surface area contributed by atoms with Gasteiger partial charge in [-0.2, -0.15) is 5.26 Å². The van der Waals surface area contributed by atoms with Gasteiger partial charge in [-0.1, -0.05) is 6.07 Å². The van der Waals surface area contributed by atoms with Crippen molar-refractivity contribution in [3.05, 3.63) is 29.8 Å². The number of rotatable bonds is 5. The zero-order valence-corrected chi connectivity index (χ0v) is 11.2. The normalized spacial score (nSPS) is 11.2. The molecule has 0 aromatic heterocycles. The molecule has 0 aliphatic carbocycles. The average molecular weight is 277 g/mol. The number of methoxy groups -OCH3 is 1. The highest BCUT2D eigenvalue weighted by atomic mass is 16.5. The van der Waals surface area contributed by atoms with E-state index >= 15 is 0 Å². The highest BCUT2D eigenvalue weighted by Gasteiger charge is 2.19. The first-order valence-corrected chi connectivity index (χ1v) is 5.77. The number of ether oxygens (including phenoxy) is 1. The number of amides is 2. The standard InChI is InChI=1S/C13H15N3O4/c1-16(10-5-3-4-9(6-10)7-14)13(19)15-8-11(20-2)12(17)18/h3-6,11H,8H2,1-2H3,(H,15,19)(H,17,18). The first kappa shape index (κ1) is 15.5. The number of hydrogen-bond acceptors (Lipinski definition) is 4. The topological polar surface area (TPSA) is 103 Å². The minimum absolute atomic E-state index is 0.146. The van der Waals surface area contributed by atoms with E-state index in [1.807, 2.05) is 6.07 Å². The van der Waals surface area contributed by atoms with Crippen molar-refractivity contribution in [2.75, 3.05) is 25.6 Å². The third kappa shape index (κ3) is 3.96. The highest BCUT2D eigenvalue weighted by Crippen LogP contribution is 2.14. The van der Waals surface area contributed by atoms with E-state index in [1.165, 1.54) is 19.1 Å². The fourth-order valence-corrected chi connectivity index (χ4v) is 1.47. The molecule has 0 aliphatic rings. The van der Waals surface area contributed by atoms with Crippen LogP contribution in [0, 0.1) is 11.3 Å². The van der Waals surface area contributed by atoms with E-state index in [-0.39, 0.29) is 6.54 Å². The number of benzene rings is 1. The first-order chi connectivity index (χ1) is 9.49. The number of anilines is 1. The van der Waals surface area contributed by atoms with E-state index in [0.29, 0.717) is 11.3 Å². The molecule has 106 valence electrons. The minimum atomic E-state index is -1.15. The second-order valence-corrected chi connectivity index (χ2v) is 3.97. The lowest BCUT2D eigenvalue weighted by Gasteiger charge is -2.19. The number of carboxylic acid groups (broad SMARTS) is 1. The third-order valence-corrected chi connectivity index (χ3v) is 2.67. The Bertz CT molecular complexity index is 539. The Labute approximate surface area is 116 Å². The van der Waals surface area contributed by atoms with Crippen LogP contribution in [0.5, 0.6) is 0 Å². The molecule has 0 saturated carbocycles. The monoisotopic (exact) mass is 277 g/mol. The maximum atomic E-state index is 11.9. The second-order valence-electron chi connectivity index (χ2n) is 3.97. The van der Waals surface area contributed by atoms with Gasteiger partial charge in [0.1, 0.15) is 0 Å². The fraction of sp³-hybridized carbons (Fsp3) is 0.308. The Kier molecular flexibility index (Phi) is 5.50. The summed E-state index contributed by atoms with van der Waals surface area (Å²) in [6.07, 6.45) is -1.10. The van der Waals surface area contributed by atoms with Crippen molar-refractivity contribution in [1.82, 2.24) is 5.32 Å². The maximum Gasteiger partial charge on any atom is 0.334 e. The van der Waals surface area contributed by atoms with Gasteiger partial charge in [0, 0.05) is 19.8 Å². The van der Waals surface area contributed by atoms with Gasteiger partial charge >= 0.3 is 12.0 Å². The van der Waals surface area contributed by atoms with E-state index in [0.717, 1.165) is 0 Å². The Morgan fingerprint density at radius 3 is 2.80 bits per heavy atom. The Hall–Kier alpha value is -2.59. The van der Waals surface area contributed by atoms with E-state index in [1.54, 1.807) is 24.3 Å². The van der Waals surface area contributed by atoms with Crippen LogP contribution in [0.15, 0.2) is 24.3 Å². The molecular weight excluding hydrogens is 262 g/mol. The van der Waals surface area contributed by atoms with Gasteiger partial charge in [0.2, 0.25) is 0 Å². The van der Waals surface area contributed by atoms with Crippen LogP contribution in [0.25, 0.3) is 0 Å². The van der Waals surface area contributed by atoms with Gasteiger partial charge in [-0.25, -0.2) is 9.59 Å². The predicted molar refractivity (Wildman–Crippen MR) is 71.4 cm³/mol. The molecule has 0 fully saturated rings. The molecule has 2 N–H and O–H groups in total. The van der Waals surface area contributed by atoms with Gasteiger partial charge in [-0.05, 0) is 18.2 Å². The molecule has 0 saturated heterocycles. The maximum absolute atomic E-state index is 11.9. The molecule has 1 aromatic carbocycles. The quantitative estimate of drug-likeness (QED) is 0.828. The number of nitriles is 1. The number of carboxylic acids is 1. The van der Waals surface area contributed by atoms with Crippen molar-refractivity contribution in [3.63, 3.8) is 0 Å². The molecule has 0 heterocycles. The summed E-state index contributed by atoms with van der Waals surface area (Å²) in [6, 6.07) is 8.01. The molecule has 0 spiro atoms. The molecular formula is C13H15N3O4. The highest BCUT2D eigenvalue weighted by molar-refractivity contribution is 5.91. The molecule has 20 heavy (non-hydrogen) atoms. The first-order valence-electron chi connectivity index (χ1n) is 5.77. The van der Waals surface area contributed by atoms with Crippen LogP contribution in [-0.2, 0) is 9.53 Å². The number of carbonyl (C=O) groups is 2. The van der Waals surface area contributed by atoms with Crippen LogP contribution in [0.1, 0.15) is 5.56 Å². The van der Waals surface area contributed by atoms with Crippen molar-refractivity contribution in [1.29, 1.82) is 5.26 Å². The van der Waals surface area contributed by atoms with Gasteiger partial charge in [0.05, 0.1) is 18.2 Å². The van der Waals surface area contributed by atoms with E-state index in [2.05, 4.69) is 5.32 Å². The van der Waals surface area contributed by atoms with Gasteiger partial charge in [-0.15, -0.1) is 0 Å². The smallest absolute Gasteiger partial charge is 0.334 e. The lowest BCUT2D eigenvalue weighted by atomic mass is 10.2. The summed E-state index contributed by atoms with van der Waals surface area (Å²) < 4.78 is 4.71. The van der Waals surface area contributed by atoms with Crippen LogP contribution >= 0.6 is 0 Å². The molecule has 0 aliphatic heterocycles. The largest absolute Gasteiger partial charge is 0.479 e. The van der Waals surface area contributed by atoms with Gasteiger partial charge in [-0.3, -0.25) is 4.90 Å². The number of aliphatic carboxylic acids is 1. The molecule has 0 bridgehead atoms. The second kappa shape index (κ2) is 7.11. The molecule has 1 aromatic rings. The Morgan fingerprint density at radius 1 is 1.55 bits per heavy atom. The van der Waals surface area contributed by atoms with Crippen LogP contribution in [-0.4, -0.2) is 43.9 Å². The lowest BCUT2D eigenvalue weighted by Crippen LogP contribution is -2.43. The van der Waals surface area contributed by atoms with Crippen LogP contribution in [0.4, 0.5) is 10.5 Å². The molecule has 1 rings (SSSR count). The molecule has 1 atom stereocenters. The SMILES string of the molecule is COC(CNC(=O)N(C)c1cccc(C#N)c1)C(=O)O. The lowest BCUT2D eigenvalue weighted by molar-refractivity contribution is -0.147. The summed E-state index contributed by atoms with van der Waals surface area (Å²) in [5, 5.41) is 20.0. The summed E-state index contributed by atoms with van der Waals surface area (Å²) in [7, 11) is 2.78. The van der Waals surface area contributed by atoms with E-state index in [9.17, 15) is 9.59 Å². The zero-order chi connectivity index (χ0) is 15.1. The Morgan fingerprint density at radius 2 is 2.25 bits per heavy atom. The number of nitrogens with one attached hydrogen (secondary N) is 1. The summed E-state index contributed by atoms with van der Waals surface area (Å²) in [5.74, 6) is -1.15. The van der Waals surface area contributed by atoms with E-state index < -0.39 is 18.1 Å². The van der Waals surface area contributed by atoms with E-state index in [4.69, 9.17) is 15.1 Å². The molecule has 7 heteroatoms. The van der Waals surface area contributed by atoms with Gasteiger partial charge < -0.3 is 15.2 Å². The summed E-state index contributed by atoms with van der Waals surface area (Å²) in [4.78, 5) is 23.9. The van der Waals surface area contributed by atoms with Crippen molar-refractivity contribution < 1.29 is 19.4 Å². The number of hydrogen-bond donors (Lipinski definition) is 2. The fourth-order valence-electron chi connectivity index (χ4n) is 1.47. The van der Waals surface area contributed by atoms with Crippen LogP contribution in [0.2, 0.25) is 0 Å². The minimum Gasteiger partial charge on any atom is -0.479 e. The Balaban J connectivity index is 2.67. The summed E-state index contributed by atoms with van der Waals surface area (Å²) in [6.45, 7) is -0.146.